The zero-order valence-corrected chi connectivity index (χ0v) is 17.9. The summed E-state index contributed by atoms with van der Waals surface area (Å²) in [7, 11) is 4.42. The van der Waals surface area contributed by atoms with Gasteiger partial charge in [-0.1, -0.05) is 0 Å². The lowest BCUT2D eigenvalue weighted by Crippen LogP contribution is -2.45. The molecular formula is C22H22FN5O4. The third-order valence-corrected chi connectivity index (χ3v) is 5.78. The summed E-state index contributed by atoms with van der Waals surface area (Å²) in [6, 6.07) is 4.38. The number of ether oxygens (including phenoxy) is 2. The molecule has 5 rings (SSSR count). The highest BCUT2D eigenvalue weighted by Crippen LogP contribution is 2.40. The Morgan fingerprint density at radius 1 is 1.25 bits per heavy atom. The van der Waals surface area contributed by atoms with Gasteiger partial charge < -0.3 is 19.8 Å². The van der Waals surface area contributed by atoms with E-state index in [9.17, 15) is 9.59 Å². The van der Waals surface area contributed by atoms with Crippen LogP contribution in [0.2, 0.25) is 0 Å². The quantitative estimate of drug-likeness (QED) is 0.636. The number of carbonyl (C=O) groups excluding carboxylic acids is 2. The number of hydrogen-bond acceptors (Lipinski definition) is 5. The first kappa shape index (κ1) is 20.1. The second kappa shape index (κ2) is 7.40. The Balaban J connectivity index is 1.56. The van der Waals surface area contributed by atoms with Gasteiger partial charge in [-0.3, -0.25) is 14.6 Å². The number of methoxy groups -OCH3 is 2. The fraction of sp³-hybridized carbons (Fsp3) is 0.318. The van der Waals surface area contributed by atoms with Crippen molar-refractivity contribution in [3.05, 3.63) is 41.5 Å². The van der Waals surface area contributed by atoms with Gasteiger partial charge in [-0.15, -0.1) is 0 Å². The second-order valence-electron chi connectivity index (χ2n) is 7.92. The van der Waals surface area contributed by atoms with E-state index in [1.54, 1.807) is 19.3 Å². The molecule has 166 valence electrons. The molecule has 0 radical (unpaired) electrons. The number of amides is 3. The molecule has 1 saturated carbocycles. The predicted octanol–water partition coefficient (Wildman–Crippen LogP) is 3.19. The van der Waals surface area contributed by atoms with Crippen molar-refractivity contribution in [1.82, 2.24) is 15.3 Å². The summed E-state index contributed by atoms with van der Waals surface area (Å²) >= 11 is 0. The summed E-state index contributed by atoms with van der Waals surface area (Å²) in [4.78, 5) is 35.9. The van der Waals surface area contributed by atoms with E-state index < -0.39 is 11.8 Å². The van der Waals surface area contributed by atoms with Gasteiger partial charge in [0.1, 0.15) is 17.1 Å². The normalized spacial score (nSPS) is 15.7. The molecule has 1 fully saturated rings. The monoisotopic (exact) mass is 439 g/mol. The molecule has 2 aliphatic rings. The molecule has 0 atom stereocenters. The van der Waals surface area contributed by atoms with Gasteiger partial charge in [-0.05, 0) is 18.9 Å². The maximum Gasteiger partial charge on any atom is 0.329 e. The number of hydrogen-bond donors (Lipinski definition) is 2. The molecule has 0 unspecified atom stereocenters. The van der Waals surface area contributed by atoms with Crippen LogP contribution in [0.15, 0.2) is 24.4 Å². The number of pyridine rings is 1. The Kier molecular flexibility index (Phi) is 4.65. The van der Waals surface area contributed by atoms with Crippen molar-refractivity contribution in [3.63, 3.8) is 0 Å². The largest absolute Gasteiger partial charge is 0.497 e. The number of benzene rings is 1. The average Bonchev–Trinajstić information content (AvgIpc) is 3.50. The number of urea groups is 1. The van der Waals surface area contributed by atoms with E-state index in [1.165, 1.54) is 36.2 Å². The molecule has 1 aliphatic heterocycles. The molecule has 32 heavy (non-hydrogen) atoms. The first-order valence-corrected chi connectivity index (χ1v) is 10.2. The van der Waals surface area contributed by atoms with Gasteiger partial charge in [0.25, 0.3) is 5.91 Å². The second-order valence-corrected chi connectivity index (χ2v) is 7.92. The van der Waals surface area contributed by atoms with Crippen LogP contribution < -0.4 is 24.6 Å². The van der Waals surface area contributed by atoms with E-state index in [1.807, 2.05) is 0 Å². The van der Waals surface area contributed by atoms with E-state index in [0.29, 0.717) is 33.7 Å². The first-order valence-electron chi connectivity index (χ1n) is 10.2. The van der Waals surface area contributed by atoms with E-state index in [0.717, 1.165) is 12.8 Å². The van der Waals surface area contributed by atoms with Gasteiger partial charge in [-0.25, -0.2) is 14.2 Å². The van der Waals surface area contributed by atoms with Gasteiger partial charge in [-0.2, -0.15) is 0 Å². The summed E-state index contributed by atoms with van der Waals surface area (Å²) < 4.78 is 25.4. The maximum atomic E-state index is 15.0. The molecule has 1 aliphatic carbocycles. The van der Waals surface area contributed by atoms with Gasteiger partial charge in [0.05, 0.1) is 32.1 Å². The molecule has 0 bridgehead atoms. The first-order chi connectivity index (χ1) is 15.4. The van der Waals surface area contributed by atoms with Crippen molar-refractivity contribution in [3.8, 4) is 11.5 Å². The SMILES string of the molecule is COc1cc(OC)c(F)c(N2Cc3cnc4[nH]c(C(=O)NC5CC5)cc4c3N(C)C2=O)c1. The number of aromatic nitrogens is 2. The minimum atomic E-state index is -0.659. The Bertz CT molecular complexity index is 1250. The van der Waals surface area contributed by atoms with Crippen molar-refractivity contribution in [1.29, 1.82) is 0 Å². The highest BCUT2D eigenvalue weighted by Gasteiger charge is 2.34. The van der Waals surface area contributed by atoms with Crippen molar-refractivity contribution < 1.29 is 23.5 Å². The topological polar surface area (TPSA) is 99.8 Å². The van der Waals surface area contributed by atoms with Gasteiger partial charge in [0.2, 0.25) is 0 Å². The summed E-state index contributed by atoms with van der Waals surface area (Å²) in [5, 5.41) is 3.59. The van der Waals surface area contributed by atoms with Crippen LogP contribution in [-0.4, -0.2) is 49.2 Å². The molecular weight excluding hydrogens is 417 g/mol. The van der Waals surface area contributed by atoms with E-state index in [2.05, 4.69) is 15.3 Å². The number of aromatic amines is 1. The Morgan fingerprint density at radius 2 is 2.03 bits per heavy atom. The molecule has 9 nitrogen and oxygen atoms in total. The van der Waals surface area contributed by atoms with Crippen LogP contribution in [0.5, 0.6) is 11.5 Å². The summed E-state index contributed by atoms with van der Waals surface area (Å²) in [5.74, 6) is -0.513. The van der Waals surface area contributed by atoms with E-state index in [-0.39, 0.29) is 29.9 Å². The van der Waals surface area contributed by atoms with Gasteiger partial charge >= 0.3 is 6.03 Å². The summed E-state index contributed by atoms with van der Waals surface area (Å²) in [6.07, 6.45) is 3.60. The third kappa shape index (κ3) is 3.19. The molecule has 10 heteroatoms. The number of anilines is 2. The lowest BCUT2D eigenvalue weighted by molar-refractivity contribution is 0.0947. The molecule has 0 spiro atoms. The highest BCUT2D eigenvalue weighted by molar-refractivity contribution is 6.12. The number of nitrogens with zero attached hydrogens (tertiary/aromatic N) is 3. The number of carbonyl (C=O) groups is 2. The van der Waals surface area contributed by atoms with Crippen LogP contribution in [0.1, 0.15) is 28.9 Å². The molecule has 2 aromatic heterocycles. The molecule has 3 heterocycles. The van der Waals surface area contributed by atoms with E-state index >= 15 is 4.39 Å². The van der Waals surface area contributed by atoms with Gasteiger partial charge in [0, 0.05) is 42.4 Å². The Labute approximate surface area is 183 Å². The van der Waals surface area contributed by atoms with Crippen molar-refractivity contribution in [2.24, 2.45) is 0 Å². The van der Waals surface area contributed by atoms with Crippen LogP contribution >= 0.6 is 0 Å². The average molecular weight is 439 g/mol. The molecule has 1 aromatic carbocycles. The minimum Gasteiger partial charge on any atom is -0.497 e. The van der Waals surface area contributed by atoms with Crippen LogP contribution in [0.3, 0.4) is 0 Å². The Morgan fingerprint density at radius 3 is 2.72 bits per heavy atom. The highest BCUT2D eigenvalue weighted by atomic mass is 19.1. The van der Waals surface area contributed by atoms with Crippen molar-refractivity contribution in [2.75, 3.05) is 31.1 Å². The summed E-state index contributed by atoms with van der Waals surface area (Å²) in [5.41, 5.74) is 2.29. The molecule has 2 N–H and O–H groups in total. The maximum absolute atomic E-state index is 15.0. The fourth-order valence-electron chi connectivity index (χ4n) is 3.95. The lowest BCUT2D eigenvalue weighted by atomic mass is 10.1. The number of nitrogens with one attached hydrogen (secondary N) is 2. The number of H-pyrrole nitrogens is 1. The fourth-order valence-corrected chi connectivity index (χ4v) is 3.95. The molecule has 3 amide bonds. The zero-order chi connectivity index (χ0) is 22.6. The lowest BCUT2D eigenvalue weighted by Gasteiger charge is -2.35. The van der Waals surface area contributed by atoms with Gasteiger partial charge in [0.15, 0.2) is 11.6 Å². The Hall–Kier alpha value is -3.82. The van der Waals surface area contributed by atoms with Crippen molar-refractivity contribution in [2.45, 2.75) is 25.4 Å². The third-order valence-electron chi connectivity index (χ3n) is 5.78. The number of rotatable bonds is 5. The summed E-state index contributed by atoms with van der Waals surface area (Å²) in [6.45, 7) is 0.101. The number of fused-ring (bicyclic) bond motifs is 3. The van der Waals surface area contributed by atoms with Crippen LogP contribution in [0.25, 0.3) is 11.0 Å². The van der Waals surface area contributed by atoms with Crippen LogP contribution in [0.4, 0.5) is 20.6 Å². The smallest absolute Gasteiger partial charge is 0.329 e. The van der Waals surface area contributed by atoms with E-state index in [4.69, 9.17) is 9.47 Å². The van der Waals surface area contributed by atoms with Crippen molar-refractivity contribution >= 4 is 34.3 Å². The van der Waals surface area contributed by atoms with Crippen LogP contribution in [0, 0.1) is 5.82 Å². The molecule has 3 aromatic rings. The number of halogens is 1. The van der Waals surface area contributed by atoms with Crippen LogP contribution in [-0.2, 0) is 6.54 Å². The predicted molar refractivity (Wildman–Crippen MR) is 116 cm³/mol. The standard InChI is InChI=1S/C22H22FN5O4/c1-27-19-11(9-24-20-14(19)8-15(26-20)21(29)25-12-4-5-12)10-28(22(27)30)16-6-13(31-2)7-17(32-3)18(16)23/h6-9,12H,4-5,10H2,1-3H3,(H,24,26)(H,25,29). The molecule has 0 saturated heterocycles. The zero-order valence-electron chi connectivity index (χ0n) is 17.9. The minimum absolute atomic E-state index is 0.0221.